The lowest BCUT2D eigenvalue weighted by Gasteiger charge is -2.29. The molecule has 4 nitrogen and oxygen atoms in total. The standard InChI is InChI=1S/C20H23N3O/c1-14-7-6-10-19(21-14)22-11-17-12-23(15(2)24)20(18(17)13-22)16-8-4-3-5-9-16/h3-10,17-18,20H,11-13H2,1-2H3/t17-,18-,20-/m1/s1. The third-order valence-electron chi connectivity index (χ3n) is 5.41. The molecular weight excluding hydrogens is 298 g/mol. The predicted molar refractivity (Wildman–Crippen MR) is 94.7 cm³/mol. The summed E-state index contributed by atoms with van der Waals surface area (Å²) in [5, 5.41) is 0. The number of amides is 1. The quantitative estimate of drug-likeness (QED) is 0.853. The van der Waals surface area contributed by atoms with Gasteiger partial charge in [0, 0.05) is 44.1 Å². The number of carbonyl (C=O) groups is 1. The number of nitrogens with zero attached hydrogens (tertiary/aromatic N) is 3. The fourth-order valence-corrected chi connectivity index (χ4v) is 4.34. The van der Waals surface area contributed by atoms with Crippen molar-refractivity contribution in [3.8, 4) is 0 Å². The van der Waals surface area contributed by atoms with Gasteiger partial charge >= 0.3 is 0 Å². The van der Waals surface area contributed by atoms with E-state index in [1.807, 2.05) is 19.1 Å². The Bertz CT molecular complexity index is 746. The molecule has 124 valence electrons. The highest BCUT2D eigenvalue weighted by atomic mass is 16.2. The maximum absolute atomic E-state index is 12.2. The fourth-order valence-electron chi connectivity index (χ4n) is 4.34. The zero-order chi connectivity index (χ0) is 16.7. The zero-order valence-corrected chi connectivity index (χ0v) is 14.2. The molecule has 2 saturated heterocycles. The molecule has 2 aliphatic heterocycles. The molecule has 1 aromatic heterocycles. The number of likely N-dealkylation sites (tertiary alicyclic amines) is 1. The molecule has 2 fully saturated rings. The number of fused-ring (bicyclic) bond motifs is 1. The second kappa shape index (κ2) is 5.93. The third-order valence-corrected chi connectivity index (χ3v) is 5.41. The number of anilines is 1. The van der Waals surface area contributed by atoms with Gasteiger partial charge in [-0.15, -0.1) is 0 Å². The third kappa shape index (κ3) is 2.56. The number of carbonyl (C=O) groups excluding carboxylic acids is 1. The van der Waals surface area contributed by atoms with E-state index in [4.69, 9.17) is 0 Å². The van der Waals surface area contributed by atoms with E-state index in [0.29, 0.717) is 11.8 Å². The van der Waals surface area contributed by atoms with Crippen LogP contribution in [0.15, 0.2) is 48.5 Å². The van der Waals surface area contributed by atoms with E-state index in [1.165, 1.54) is 5.56 Å². The normalized spacial score (nSPS) is 25.8. The molecule has 1 aromatic carbocycles. The van der Waals surface area contributed by atoms with E-state index in [1.54, 1.807) is 6.92 Å². The van der Waals surface area contributed by atoms with Crippen LogP contribution >= 0.6 is 0 Å². The van der Waals surface area contributed by atoms with Crippen LogP contribution in [0.4, 0.5) is 5.82 Å². The van der Waals surface area contributed by atoms with E-state index in [-0.39, 0.29) is 11.9 Å². The van der Waals surface area contributed by atoms with Crippen molar-refractivity contribution in [2.24, 2.45) is 11.8 Å². The van der Waals surface area contributed by atoms with Crippen LogP contribution in [-0.4, -0.2) is 35.4 Å². The molecule has 0 bridgehead atoms. The highest BCUT2D eigenvalue weighted by Crippen LogP contribution is 2.45. The minimum absolute atomic E-state index is 0.179. The highest BCUT2D eigenvalue weighted by molar-refractivity contribution is 5.74. The molecule has 24 heavy (non-hydrogen) atoms. The Morgan fingerprint density at radius 2 is 1.83 bits per heavy atom. The van der Waals surface area contributed by atoms with Gasteiger partial charge in [-0.25, -0.2) is 4.98 Å². The second-order valence-corrected chi connectivity index (χ2v) is 6.99. The molecule has 0 aliphatic carbocycles. The summed E-state index contributed by atoms with van der Waals surface area (Å²) in [6, 6.07) is 16.8. The van der Waals surface area contributed by atoms with E-state index in [2.05, 4.69) is 51.2 Å². The first kappa shape index (κ1) is 15.2. The summed E-state index contributed by atoms with van der Waals surface area (Å²) in [7, 11) is 0. The van der Waals surface area contributed by atoms with Crippen LogP contribution in [0.25, 0.3) is 0 Å². The summed E-state index contributed by atoms with van der Waals surface area (Å²) in [4.78, 5) is 21.3. The molecule has 4 heteroatoms. The van der Waals surface area contributed by atoms with Gasteiger partial charge in [0.25, 0.3) is 0 Å². The monoisotopic (exact) mass is 321 g/mol. The van der Waals surface area contributed by atoms with Crippen molar-refractivity contribution in [3.63, 3.8) is 0 Å². The fraction of sp³-hybridized carbons (Fsp3) is 0.400. The van der Waals surface area contributed by atoms with Gasteiger partial charge in [-0.1, -0.05) is 36.4 Å². The van der Waals surface area contributed by atoms with E-state index >= 15 is 0 Å². The molecule has 0 N–H and O–H groups in total. The number of hydrogen-bond acceptors (Lipinski definition) is 3. The summed E-state index contributed by atoms with van der Waals surface area (Å²) in [5.74, 6) is 2.23. The number of hydrogen-bond donors (Lipinski definition) is 0. The van der Waals surface area contributed by atoms with Crippen molar-refractivity contribution in [2.75, 3.05) is 24.5 Å². The van der Waals surface area contributed by atoms with Gasteiger partial charge in [-0.3, -0.25) is 4.79 Å². The Hall–Kier alpha value is -2.36. The minimum atomic E-state index is 0.179. The van der Waals surface area contributed by atoms with E-state index in [9.17, 15) is 4.79 Å². The van der Waals surface area contributed by atoms with E-state index < -0.39 is 0 Å². The largest absolute Gasteiger partial charge is 0.356 e. The van der Waals surface area contributed by atoms with Gasteiger partial charge in [-0.05, 0) is 24.6 Å². The number of aryl methyl sites for hydroxylation is 1. The number of benzene rings is 1. The summed E-state index contributed by atoms with van der Waals surface area (Å²) >= 11 is 0. The Labute approximate surface area is 143 Å². The maximum Gasteiger partial charge on any atom is 0.219 e. The molecule has 0 saturated carbocycles. The number of aromatic nitrogens is 1. The van der Waals surface area contributed by atoms with Gasteiger partial charge in [0.2, 0.25) is 5.91 Å². The lowest BCUT2D eigenvalue weighted by molar-refractivity contribution is -0.130. The second-order valence-electron chi connectivity index (χ2n) is 6.99. The molecular formula is C20H23N3O. The molecule has 3 atom stereocenters. The lowest BCUT2D eigenvalue weighted by atomic mass is 9.89. The number of pyridine rings is 1. The predicted octanol–water partition coefficient (Wildman–Crippen LogP) is 3.05. The SMILES string of the molecule is CC(=O)N1C[C@H]2CN(c3cccc(C)n3)C[C@H]2[C@H]1c1ccccc1. The Morgan fingerprint density at radius 3 is 2.54 bits per heavy atom. The maximum atomic E-state index is 12.2. The van der Waals surface area contributed by atoms with Crippen molar-refractivity contribution in [2.45, 2.75) is 19.9 Å². The molecule has 0 unspecified atom stereocenters. The Morgan fingerprint density at radius 1 is 1.04 bits per heavy atom. The lowest BCUT2D eigenvalue weighted by Crippen LogP contribution is -2.34. The summed E-state index contributed by atoms with van der Waals surface area (Å²) in [5.41, 5.74) is 2.30. The number of rotatable bonds is 2. The van der Waals surface area contributed by atoms with Crippen molar-refractivity contribution in [1.82, 2.24) is 9.88 Å². The Kier molecular flexibility index (Phi) is 3.75. The van der Waals surface area contributed by atoms with Crippen LogP contribution in [0.5, 0.6) is 0 Å². The molecule has 0 spiro atoms. The van der Waals surface area contributed by atoms with Crippen molar-refractivity contribution in [1.29, 1.82) is 0 Å². The van der Waals surface area contributed by atoms with Crippen LogP contribution in [0.2, 0.25) is 0 Å². The smallest absolute Gasteiger partial charge is 0.219 e. The molecule has 2 aliphatic rings. The topological polar surface area (TPSA) is 36.4 Å². The molecule has 1 amide bonds. The van der Waals surface area contributed by atoms with Gasteiger partial charge in [-0.2, -0.15) is 0 Å². The molecule has 2 aromatic rings. The van der Waals surface area contributed by atoms with Gasteiger partial charge in [0.05, 0.1) is 6.04 Å². The summed E-state index contributed by atoms with van der Waals surface area (Å²) < 4.78 is 0. The van der Waals surface area contributed by atoms with Gasteiger partial charge in [0.1, 0.15) is 5.82 Å². The van der Waals surface area contributed by atoms with Crippen LogP contribution in [0.3, 0.4) is 0 Å². The summed E-state index contributed by atoms with van der Waals surface area (Å²) in [6.07, 6.45) is 0. The van der Waals surface area contributed by atoms with Gasteiger partial charge < -0.3 is 9.80 Å². The molecule has 4 rings (SSSR count). The first-order valence-electron chi connectivity index (χ1n) is 8.64. The van der Waals surface area contributed by atoms with Crippen LogP contribution in [-0.2, 0) is 4.79 Å². The van der Waals surface area contributed by atoms with E-state index in [0.717, 1.165) is 31.1 Å². The first-order valence-corrected chi connectivity index (χ1v) is 8.64. The summed E-state index contributed by atoms with van der Waals surface area (Å²) in [6.45, 7) is 6.52. The van der Waals surface area contributed by atoms with Crippen LogP contribution in [0.1, 0.15) is 24.2 Å². The first-order chi connectivity index (χ1) is 11.6. The average molecular weight is 321 g/mol. The zero-order valence-electron chi connectivity index (χ0n) is 14.2. The van der Waals surface area contributed by atoms with Gasteiger partial charge in [0.15, 0.2) is 0 Å². The highest BCUT2D eigenvalue weighted by Gasteiger charge is 2.48. The Balaban J connectivity index is 1.63. The molecule has 3 heterocycles. The minimum Gasteiger partial charge on any atom is -0.356 e. The van der Waals surface area contributed by atoms with Crippen LogP contribution < -0.4 is 4.90 Å². The van der Waals surface area contributed by atoms with Crippen molar-refractivity contribution in [3.05, 3.63) is 59.8 Å². The average Bonchev–Trinajstić information content (AvgIpc) is 3.13. The van der Waals surface area contributed by atoms with Crippen molar-refractivity contribution < 1.29 is 4.79 Å². The molecule has 0 radical (unpaired) electrons. The van der Waals surface area contributed by atoms with Crippen molar-refractivity contribution >= 4 is 11.7 Å². The van der Waals surface area contributed by atoms with Crippen LogP contribution in [0, 0.1) is 18.8 Å².